The van der Waals surface area contributed by atoms with Crippen LogP contribution in [0.2, 0.25) is 10.0 Å². The highest BCUT2D eigenvalue weighted by Gasteiger charge is 2.14. The van der Waals surface area contributed by atoms with Gasteiger partial charge in [-0.1, -0.05) is 53.5 Å². The minimum atomic E-state index is -0.988. The molecule has 33 heavy (non-hydrogen) atoms. The molecular weight excluding hydrogens is 465 g/mol. The van der Waals surface area contributed by atoms with Crippen LogP contribution in [-0.2, 0) is 14.4 Å². The molecule has 2 amide bonds. The van der Waals surface area contributed by atoms with E-state index in [9.17, 15) is 14.4 Å². The van der Waals surface area contributed by atoms with Gasteiger partial charge < -0.3 is 10.1 Å². The second-order valence-corrected chi connectivity index (χ2v) is 7.36. The number of hydrogen-bond donors (Lipinski definition) is 2. The summed E-state index contributed by atoms with van der Waals surface area (Å²) in [5, 5.41) is 6.68. The molecular formula is C24H17Cl2N3O4. The number of rotatable bonds is 6. The lowest BCUT2D eigenvalue weighted by Gasteiger charge is -2.06. The molecule has 3 aromatic carbocycles. The van der Waals surface area contributed by atoms with Crippen LogP contribution in [0.5, 0.6) is 5.75 Å². The molecule has 0 aliphatic heterocycles. The first kappa shape index (κ1) is 23.7. The summed E-state index contributed by atoms with van der Waals surface area (Å²) in [7, 11) is 0. The van der Waals surface area contributed by atoms with Gasteiger partial charge in [0.05, 0.1) is 16.9 Å². The van der Waals surface area contributed by atoms with Crippen LogP contribution in [0.3, 0.4) is 0 Å². The van der Waals surface area contributed by atoms with Crippen LogP contribution in [0.4, 0.5) is 5.69 Å². The van der Waals surface area contributed by atoms with Crippen molar-refractivity contribution in [3.05, 3.63) is 100 Å². The third-order valence-corrected chi connectivity index (χ3v) is 4.64. The van der Waals surface area contributed by atoms with Crippen LogP contribution in [0, 0.1) is 0 Å². The highest BCUT2D eigenvalue weighted by molar-refractivity contribution is 6.42. The Morgan fingerprint density at radius 3 is 2.30 bits per heavy atom. The van der Waals surface area contributed by atoms with Crippen molar-refractivity contribution in [2.24, 2.45) is 5.10 Å². The molecule has 0 aromatic heterocycles. The van der Waals surface area contributed by atoms with Gasteiger partial charge in [0.1, 0.15) is 5.75 Å². The number of carbonyl (C=O) groups is 3. The topological polar surface area (TPSA) is 96.9 Å². The highest BCUT2D eigenvalue weighted by atomic mass is 35.5. The molecule has 0 atom stereocenters. The molecule has 0 heterocycles. The summed E-state index contributed by atoms with van der Waals surface area (Å²) < 4.78 is 5.23. The van der Waals surface area contributed by atoms with E-state index in [1.807, 2.05) is 30.3 Å². The van der Waals surface area contributed by atoms with Crippen LogP contribution < -0.4 is 15.5 Å². The Balaban J connectivity index is 1.48. The smallest absolute Gasteiger partial charge is 0.336 e. The first-order valence-corrected chi connectivity index (χ1v) is 10.3. The quantitative estimate of drug-likeness (QED) is 0.133. The van der Waals surface area contributed by atoms with Crippen molar-refractivity contribution in [1.82, 2.24) is 5.43 Å². The van der Waals surface area contributed by atoms with Gasteiger partial charge in [-0.2, -0.15) is 5.10 Å². The summed E-state index contributed by atoms with van der Waals surface area (Å²) in [6.07, 6.45) is 4.32. The molecule has 3 rings (SSSR count). The lowest BCUT2D eigenvalue weighted by molar-refractivity contribution is -0.136. The molecule has 0 spiro atoms. The van der Waals surface area contributed by atoms with Crippen LogP contribution >= 0.6 is 23.2 Å². The van der Waals surface area contributed by atoms with Gasteiger partial charge in [0.2, 0.25) is 0 Å². The first-order valence-electron chi connectivity index (χ1n) is 9.55. The van der Waals surface area contributed by atoms with Gasteiger partial charge in [-0.15, -0.1) is 0 Å². The standard InChI is InChI=1S/C24H17Cl2N3O4/c25-18-9-12-20(26)21(14-18)28-23(31)24(32)29-27-15-17-6-10-19(11-7-17)33-22(30)13-8-16-4-2-1-3-5-16/h1-15H,(H,28,31)(H,29,32)/b13-8+,27-15+. The van der Waals surface area contributed by atoms with E-state index < -0.39 is 17.8 Å². The normalized spacial score (nSPS) is 10.8. The molecule has 9 heteroatoms. The van der Waals surface area contributed by atoms with Gasteiger partial charge >= 0.3 is 17.8 Å². The highest BCUT2D eigenvalue weighted by Crippen LogP contribution is 2.25. The van der Waals surface area contributed by atoms with Gasteiger partial charge in [0.15, 0.2) is 0 Å². The molecule has 0 radical (unpaired) electrons. The summed E-state index contributed by atoms with van der Waals surface area (Å²) in [6, 6.07) is 20.2. The van der Waals surface area contributed by atoms with E-state index in [0.717, 1.165) is 5.56 Å². The van der Waals surface area contributed by atoms with E-state index in [1.54, 1.807) is 36.4 Å². The molecule has 166 valence electrons. The van der Waals surface area contributed by atoms with Crippen molar-refractivity contribution >= 4 is 59.0 Å². The zero-order chi connectivity index (χ0) is 23.6. The van der Waals surface area contributed by atoms with Gasteiger partial charge in [-0.3, -0.25) is 9.59 Å². The van der Waals surface area contributed by atoms with Gasteiger partial charge in [-0.25, -0.2) is 10.2 Å². The Morgan fingerprint density at radius 2 is 1.58 bits per heavy atom. The van der Waals surface area contributed by atoms with E-state index in [-0.39, 0.29) is 10.7 Å². The van der Waals surface area contributed by atoms with E-state index in [0.29, 0.717) is 16.3 Å². The number of carbonyl (C=O) groups excluding carboxylic acids is 3. The zero-order valence-corrected chi connectivity index (χ0v) is 18.5. The number of halogens is 2. The van der Waals surface area contributed by atoms with Gasteiger partial charge in [0.25, 0.3) is 0 Å². The first-order chi connectivity index (χ1) is 15.9. The van der Waals surface area contributed by atoms with Crippen molar-refractivity contribution in [2.75, 3.05) is 5.32 Å². The Labute approximate surface area is 199 Å². The molecule has 7 nitrogen and oxygen atoms in total. The predicted molar refractivity (Wildman–Crippen MR) is 128 cm³/mol. The largest absolute Gasteiger partial charge is 0.423 e. The third-order valence-electron chi connectivity index (χ3n) is 4.07. The van der Waals surface area contributed by atoms with Crippen molar-refractivity contribution in [3.63, 3.8) is 0 Å². The second kappa shape index (κ2) is 11.6. The van der Waals surface area contributed by atoms with Crippen molar-refractivity contribution < 1.29 is 19.1 Å². The molecule has 0 saturated heterocycles. The van der Waals surface area contributed by atoms with Crippen LogP contribution in [0.25, 0.3) is 6.08 Å². The monoisotopic (exact) mass is 481 g/mol. The molecule has 0 saturated carbocycles. The number of amides is 2. The number of anilines is 1. The Morgan fingerprint density at radius 1 is 0.848 bits per heavy atom. The zero-order valence-electron chi connectivity index (χ0n) is 17.0. The summed E-state index contributed by atoms with van der Waals surface area (Å²) >= 11 is 11.8. The Kier molecular flexibility index (Phi) is 8.35. The van der Waals surface area contributed by atoms with Crippen molar-refractivity contribution in [1.29, 1.82) is 0 Å². The van der Waals surface area contributed by atoms with E-state index in [4.69, 9.17) is 27.9 Å². The molecule has 0 unspecified atom stereocenters. The molecule has 0 bridgehead atoms. The van der Waals surface area contributed by atoms with E-state index in [1.165, 1.54) is 24.4 Å². The predicted octanol–water partition coefficient (Wildman–Crippen LogP) is 4.70. The minimum absolute atomic E-state index is 0.206. The summed E-state index contributed by atoms with van der Waals surface area (Å²) in [6.45, 7) is 0. The number of ether oxygens (including phenoxy) is 1. The fourth-order valence-corrected chi connectivity index (χ4v) is 2.83. The Bertz CT molecular complexity index is 1210. The third kappa shape index (κ3) is 7.60. The number of nitrogens with zero attached hydrogens (tertiary/aromatic N) is 1. The van der Waals surface area contributed by atoms with Crippen LogP contribution in [0.1, 0.15) is 11.1 Å². The van der Waals surface area contributed by atoms with Crippen LogP contribution in [-0.4, -0.2) is 24.0 Å². The number of nitrogens with one attached hydrogen (secondary N) is 2. The average Bonchev–Trinajstić information content (AvgIpc) is 2.82. The van der Waals surface area contributed by atoms with Crippen molar-refractivity contribution in [3.8, 4) is 5.75 Å². The van der Waals surface area contributed by atoms with Gasteiger partial charge in [-0.05, 0) is 59.7 Å². The van der Waals surface area contributed by atoms with Gasteiger partial charge in [0, 0.05) is 11.1 Å². The summed E-state index contributed by atoms with van der Waals surface area (Å²) in [5.74, 6) is -2.12. The Hall–Kier alpha value is -3.94. The number of esters is 1. The molecule has 0 fully saturated rings. The lowest BCUT2D eigenvalue weighted by Crippen LogP contribution is -2.32. The van der Waals surface area contributed by atoms with E-state index >= 15 is 0 Å². The summed E-state index contributed by atoms with van der Waals surface area (Å²) in [4.78, 5) is 35.8. The number of benzene rings is 3. The molecule has 2 N–H and O–H groups in total. The number of hydrazone groups is 1. The fourth-order valence-electron chi connectivity index (χ4n) is 2.49. The SMILES string of the molecule is O=C(/C=C/c1ccccc1)Oc1ccc(/C=N/NC(=O)C(=O)Nc2cc(Cl)ccc2Cl)cc1. The van der Waals surface area contributed by atoms with Crippen molar-refractivity contribution in [2.45, 2.75) is 0 Å². The maximum absolute atomic E-state index is 12.0. The maximum Gasteiger partial charge on any atom is 0.336 e. The molecule has 0 aliphatic rings. The summed E-state index contributed by atoms with van der Waals surface area (Å²) in [5.41, 5.74) is 3.80. The van der Waals surface area contributed by atoms with E-state index in [2.05, 4.69) is 15.8 Å². The fraction of sp³-hybridized carbons (Fsp3) is 0. The average molecular weight is 482 g/mol. The number of hydrogen-bond acceptors (Lipinski definition) is 5. The minimum Gasteiger partial charge on any atom is -0.423 e. The maximum atomic E-state index is 12.0. The molecule has 0 aliphatic carbocycles. The van der Waals surface area contributed by atoms with Crippen LogP contribution in [0.15, 0.2) is 84.0 Å². The lowest BCUT2D eigenvalue weighted by atomic mass is 10.2. The second-order valence-electron chi connectivity index (χ2n) is 6.51. The molecule has 3 aromatic rings.